The lowest BCUT2D eigenvalue weighted by Gasteiger charge is -2.11. The van der Waals surface area contributed by atoms with Gasteiger partial charge in [-0.3, -0.25) is 4.79 Å². The molecule has 0 saturated carbocycles. The largest absolute Gasteiger partial charge is 0.493 e. The van der Waals surface area contributed by atoms with Crippen molar-refractivity contribution in [2.75, 3.05) is 19.5 Å². The third-order valence-corrected chi connectivity index (χ3v) is 3.64. The van der Waals surface area contributed by atoms with Crippen LogP contribution in [0.15, 0.2) is 41.6 Å². The van der Waals surface area contributed by atoms with Crippen LogP contribution in [-0.4, -0.2) is 32.4 Å². The first kappa shape index (κ1) is 19.5. The maximum atomic E-state index is 12.9. The molecule has 0 spiro atoms. The number of halogens is 2. The highest BCUT2D eigenvalue weighted by atomic mass is 35.5. The van der Waals surface area contributed by atoms with E-state index >= 15 is 0 Å². The van der Waals surface area contributed by atoms with E-state index in [1.807, 2.05) is 0 Å². The van der Waals surface area contributed by atoms with Crippen LogP contribution in [0.2, 0.25) is 5.02 Å². The van der Waals surface area contributed by atoms with Crippen molar-refractivity contribution in [2.45, 2.75) is 13.0 Å². The number of carbonyl (C=O) groups excluding carboxylic acids is 1. The number of hydrogen-bond donors (Lipinski definition) is 1. The van der Waals surface area contributed by atoms with E-state index in [9.17, 15) is 9.18 Å². The van der Waals surface area contributed by atoms with Crippen molar-refractivity contribution in [3.05, 3.63) is 52.8 Å². The fraction of sp³-hybridized carbons (Fsp3) is 0.222. The molecule has 1 amide bonds. The number of nitrogens with one attached hydrogen (secondary N) is 1. The molecule has 0 heterocycles. The molecule has 0 bridgehead atoms. The Morgan fingerprint density at radius 3 is 2.54 bits per heavy atom. The summed E-state index contributed by atoms with van der Waals surface area (Å²) in [5.41, 5.74) is 1.07. The molecule has 1 N–H and O–H groups in total. The minimum Gasteiger partial charge on any atom is -0.493 e. The average molecular weight is 381 g/mol. The smallest absolute Gasteiger partial charge is 0.267 e. The van der Waals surface area contributed by atoms with Gasteiger partial charge in [-0.05, 0) is 43.3 Å². The zero-order valence-corrected chi connectivity index (χ0v) is 15.2. The molecule has 0 aromatic heterocycles. The van der Waals surface area contributed by atoms with Crippen LogP contribution in [0, 0.1) is 5.82 Å². The summed E-state index contributed by atoms with van der Waals surface area (Å²) >= 11 is 6.11. The number of rotatable bonds is 7. The SMILES string of the molecule is COc1cc(/C=N/OC(C)C(=O)Nc2ccc(F)cc2)cc(Cl)c1OC. The predicted octanol–water partition coefficient (Wildman–Crippen LogP) is 3.87. The number of hydrogen-bond acceptors (Lipinski definition) is 5. The molecule has 2 rings (SSSR count). The maximum absolute atomic E-state index is 12.9. The first-order valence-electron chi connectivity index (χ1n) is 7.61. The van der Waals surface area contributed by atoms with Gasteiger partial charge < -0.3 is 19.6 Å². The van der Waals surface area contributed by atoms with Crippen molar-refractivity contribution in [2.24, 2.45) is 5.16 Å². The van der Waals surface area contributed by atoms with Gasteiger partial charge in [-0.25, -0.2) is 4.39 Å². The summed E-state index contributed by atoms with van der Waals surface area (Å²) in [6.07, 6.45) is 0.544. The van der Waals surface area contributed by atoms with Gasteiger partial charge in [0.25, 0.3) is 5.91 Å². The Morgan fingerprint density at radius 1 is 1.23 bits per heavy atom. The van der Waals surface area contributed by atoms with Gasteiger partial charge in [0.05, 0.1) is 25.5 Å². The standard InChI is InChI=1S/C18H18ClFN2O4/c1-11(18(23)22-14-6-4-13(20)5-7-14)26-21-10-12-8-15(19)17(25-3)16(9-12)24-2/h4-11H,1-3H3,(H,22,23)/b21-10+. The lowest BCUT2D eigenvalue weighted by atomic mass is 10.2. The summed E-state index contributed by atoms with van der Waals surface area (Å²) in [5, 5.41) is 6.74. The molecule has 0 radical (unpaired) electrons. The van der Waals surface area contributed by atoms with Crippen molar-refractivity contribution in [3.8, 4) is 11.5 Å². The second-order valence-corrected chi connectivity index (χ2v) is 5.62. The predicted molar refractivity (Wildman–Crippen MR) is 97.7 cm³/mol. The lowest BCUT2D eigenvalue weighted by molar-refractivity contribution is -0.126. The normalized spacial score (nSPS) is 11.9. The van der Waals surface area contributed by atoms with Crippen molar-refractivity contribution in [1.82, 2.24) is 0 Å². The minimum absolute atomic E-state index is 0.357. The molecule has 138 valence electrons. The van der Waals surface area contributed by atoms with E-state index in [1.54, 1.807) is 12.1 Å². The van der Waals surface area contributed by atoms with E-state index < -0.39 is 12.0 Å². The Bertz CT molecular complexity index is 797. The van der Waals surface area contributed by atoms with Crippen LogP contribution < -0.4 is 14.8 Å². The first-order valence-corrected chi connectivity index (χ1v) is 7.99. The summed E-state index contributed by atoms with van der Waals surface area (Å²) < 4.78 is 23.2. The highest BCUT2D eigenvalue weighted by Gasteiger charge is 2.14. The minimum atomic E-state index is -0.855. The molecule has 1 atom stereocenters. The average Bonchev–Trinajstić information content (AvgIpc) is 2.62. The second-order valence-electron chi connectivity index (χ2n) is 5.22. The summed E-state index contributed by atoms with van der Waals surface area (Å²) in [6, 6.07) is 8.70. The monoisotopic (exact) mass is 380 g/mol. The zero-order chi connectivity index (χ0) is 19.1. The first-order chi connectivity index (χ1) is 12.4. The highest BCUT2D eigenvalue weighted by molar-refractivity contribution is 6.32. The second kappa shape index (κ2) is 9.05. The fourth-order valence-electron chi connectivity index (χ4n) is 2.02. The van der Waals surface area contributed by atoms with Gasteiger partial charge in [0.2, 0.25) is 6.10 Å². The maximum Gasteiger partial charge on any atom is 0.267 e. The number of anilines is 1. The van der Waals surface area contributed by atoms with Gasteiger partial charge in [0.1, 0.15) is 5.82 Å². The molecule has 1 unspecified atom stereocenters. The van der Waals surface area contributed by atoms with Gasteiger partial charge in [0.15, 0.2) is 11.5 Å². The van der Waals surface area contributed by atoms with Crippen LogP contribution in [0.3, 0.4) is 0 Å². The Kier molecular flexibility index (Phi) is 6.80. The number of oxime groups is 1. The molecular weight excluding hydrogens is 363 g/mol. The van der Waals surface area contributed by atoms with E-state index in [0.29, 0.717) is 27.8 Å². The fourth-order valence-corrected chi connectivity index (χ4v) is 2.32. The van der Waals surface area contributed by atoms with Crippen LogP contribution in [-0.2, 0) is 9.63 Å². The highest BCUT2D eigenvalue weighted by Crippen LogP contribution is 2.35. The number of carbonyl (C=O) groups is 1. The van der Waals surface area contributed by atoms with Crippen LogP contribution >= 0.6 is 11.6 Å². The van der Waals surface area contributed by atoms with Crippen LogP contribution in [0.1, 0.15) is 12.5 Å². The molecule has 8 heteroatoms. The third kappa shape index (κ3) is 5.10. The topological polar surface area (TPSA) is 69.2 Å². The van der Waals surface area contributed by atoms with E-state index in [4.69, 9.17) is 25.9 Å². The number of nitrogens with zero attached hydrogens (tertiary/aromatic N) is 1. The molecular formula is C18H18ClFN2O4. The van der Waals surface area contributed by atoms with Crippen molar-refractivity contribution >= 4 is 29.4 Å². The van der Waals surface area contributed by atoms with Gasteiger partial charge >= 0.3 is 0 Å². The zero-order valence-electron chi connectivity index (χ0n) is 14.5. The Balaban J connectivity index is 1.97. The van der Waals surface area contributed by atoms with E-state index in [2.05, 4.69) is 10.5 Å². The molecule has 26 heavy (non-hydrogen) atoms. The van der Waals surface area contributed by atoms with E-state index in [-0.39, 0.29) is 5.82 Å². The van der Waals surface area contributed by atoms with Gasteiger partial charge in [-0.15, -0.1) is 0 Å². The number of methoxy groups -OCH3 is 2. The third-order valence-electron chi connectivity index (χ3n) is 3.36. The number of amides is 1. The number of benzene rings is 2. The quantitative estimate of drug-likeness (QED) is 0.584. The lowest BCUT2D eigenvalue weighted by Crippen LogP contribution is -2.26. The van der Waals surface area contributed by atoms with Crippen LogP contribution in [0.25, 0.3) is 0 Å². The van der Waals surface area contributed by atoms with Gasteiger partial charge in [-0.1, -0.05) is 16.8 Å². The van der Waals surface area contributed by atoms with Gasteiger partial charge in [-0.2, -0.15) is 0 Å². The van der Waals surface area contributed by atoms with E-state index in [0.717, 1.165) is 0 Å². The molecule has 0 aliphatic carbocycles. The number of ether oxygens (including phenoxy) is 2. The van der Waals surface area contributed by atoms with Gasteiger partial charge in [0, 0.05) is 11.3 Å². The van der Waals surface area contributed by atoms with Crippen LogP contribution in [0.5, 0.6) is 11.5 Å². The Labute approximate surface area is 155 Å². The van der Waals surface area contributed by atoms with Crippen LogP contribution in [0.4, 0.5) is 10.1 Å². The summed E-state index contributed by atoms with van der Waals surface area (Å²) in [5.74, 6) is 0.0624. The summed E-state index contributed by atoms with van der Waals surface area (Å²) in [7, 11) is 2.98. The molecule has 2 aromatic rings. The summed E-state index contributed by atoms with van der Waals surface area (Å²) in [4.78, 5) is 17.2. The Morgan fingerprint density at radius 2 is 1.92 bits per heavy atom. The molecule has 6 nitrogen and oxygen atoms in total. The van der Waals surface area contributed by atoms with Crippen molar-refractivity contribution in [1.29, 1.82) is 0 Å². The van der Waals surface area contributed by atoms with Crippen molar-refractivity contribution in [3.63, 3.8) is 0 Å². The molecule has 0 saturated heterocycles. The molecule has 0 aliphatic rings. The molecule has 2 aromatic carbocycles. The Hall–Kier alpha value is -2.80. The molecule has 0 fully saturated rings. The molecule has 0 aliphatic heterocycles. The van der Waals surface area contributed by atoms with Crippen molar-refractivity contribution < 1.29 is 23.5 Å². The van der Waals surface area contributed by atoms with E-state index in [1.165, 1.54) is 51.6 Å². The summed E-state index contributed by atoms with van der Waals surface area (Å²) in [6.45, 7) is 1.54.